The first kappa shape index (κ1) is 25.8. The van der Waals surface area contributed by atoms with Gasteiger partial charge < -0.3 is 19.7 Å². The van der Waals surface area contributed by atoms with Gasteiger partial charge in [-0.05, 0) is 24.6 Å². The quantitative estimate of drug-likeness (QED) is 0.492. The summed E-state index contributed by atoms with van der Waals surface area (Å²) in [5.41, 5.74) is 0.145. The number of nitrogens with zero attached hydrogens (tertiary/aromatic N) is 3. The Balaban J connectivity index is 1.56. The van der Waals surface area contributed by atoms with Crippen molar-refractivity contribution in [1.29, 1.82) is 0 Å². The van der Waals surface area contributed by atoms with Crippen LogP contribution in [0.3, 0.4) is 0 Å². The molecule has 2 heterocycles. The van der Waals surface area contributed by atoms with Crippen LogP contribution in [0.15, 0.2) is 55.1 Å². The molecule has 1 atom stereocenters. The molecular weight excluding hydrogens is 489 g/mol. The second-order valence-electron chi connectivity index (χ2n) is 8.45. The maximum absolute atomic E-state index is 13.5. The van der Waals surface area contributed by atoms with E-state index in [4.69, 9.17) is 9.47 Å². The van der Waals surface area contributed by atoms with Gasteiger partial charge in [0.2, 0.25) is 18.6 Å². The Kier molecular flexibility index (Phi) is 7.23. The maximum atomic E-state index is 13.5. The lowest BCUT2D eigenvalue weighted by Crippen LogP contribution is -2.49. The van der Waals surface area contributed by atoms with Crippen LogP contribution in [0.1, 0.15) is 22.5 Å². The van der Waals surface area contributed by atoms with E-state index in [9.17, 15) is 22.8 Å². The number of alkyl halides is 3. The Labute approximate surface area is 211 Å². The molecule has 2 aromatic carbocycles. The van der Waals surface area contributed by atoms with E-state index in [1.54, 1.807) is 25.2 Å². The number of benzene rings is 2. The molecule has 0 unspecified atom stereocenters. The molecule has 2 amide bonds. The van der Waals surface area contributed by atoms with Crippen LogP contribution >= 0.6 is 0 Å². The fraction of sp³-hybridized carbons (Fsp3) is 0.269. The van der Waals surface area contributed by atoms with Crippen LogP contribution in [-0.4, -0.2) is 41.5 Å². The van der Waals surface area contributed by atoms with Crippen LogP contribution in [0, 0.1) is 6.92 Å². The monoisotopic (exact) mass is 514 g/mol. The predicted octanol–water partition coefficient (Wildman–Crippen LogP) is 3.97. The Morgan fingerprint density at radius 1 is 1.19 bits per heavy atom. The van der Waals surface area contributed by atoms with Gasteiger partial charge in [-0.25, -0.2) is 0 Å². The summed E-state index contributed by atoms with van der Waals surface area (Å²) in [6, 6.07) is 13.1. The highest BCUT2D eigenvalue weighted by atomic mass is 19.4. The molecule has 0 saturated heterocycles. The molecule has 1 N–H and O–H groups in total. The summed E-state index contributed by atoms with van der Waals surface area (Å²) in [7, 11) is 1.56. The van der Waals surface area contributed by atoms with E-state index in [1.807, 2.05) is 30.3 Å². The molecule has 1 aliphatic heterocycles. The topological polar surface area (TPSA) is 85.7 Å². The highest BCUT2D eigenvalue weighted by Crippen LogP contribution is 2.35. The normalized spacial score (nSPS) is 13.2. The molecule has 1 aliphatic rings. The van der Waals surface area contributed by atoms with Crippen molar-refractivity contribution in [2.45, 2.75) is 32.1 Å². The molecule has 0 aliphatic carbocycles. The highest BCUT2D eigenvalue weighted by Gasteiger charge is 2.38. The minimum Gasteiger partial charge on any atom is -0.454 e. The van der Waals surface area contributed by atoms with E-state index in [0.717, 1.165) is 16.3 Å². The first-order chi connectivity index (χ1) is 17.6. The van der Waals surface area contributed by atoms with E-state index in [2.05, 4.69) is 17.0 Å². The molecule has 0 bridgehead atoms. The smallest absolute Gasteiger partial charge is 0.435 e. The third-order valence-electron chi connectivity index (χ3n) is 6.01. The summed E-state index contributed by atoms with van der Waals surface area (Å²) in [5.74, 6) is -0.0294. The first-order valence-electron chi connectivity index (χ1n) is 11.4. The van der Waals surface area contributed by atoms with Gasteiger partial charge in [-0.15, -0.1) is 0 Å². The zero-order chi connectivity index (χ0) is 26.7. The van der Waals surface area contributed by atoms with Gasteiger partial charge in [0.15, 0.2) is 17.2 Å². The first-order valence-corrected chi connectivity index (χ1v) is 11.4. The molecule has 4 rings (SSSR count). The number of aromatic nitrogens is 2. The summed E-state index contributed by atoms with van der Waals surface area (Å²) < 4.78 is 51.8. The number of likely N-dealkylation sites (N-methyl/N-ethyl adjacent to an activating group) is 1. The van der Waals surface area contributed by atoms with Crippen molar-refractivity contribution in [2.24, 2.45) is 0 Å². The number of hydrogen-bond acceptors (Lipinski definition) is 5. The second kappa shape index (κ2) is 10.4. The lowest BCUT2D eigenvalue weighted by atomic mass is 10.0. The number of carbonyl (C=O) groups is 2. The Morgan fingerprint density at radius 3 is 2.54 bits per heavy atom. The Hall–Kier alpha value is -4.28. The third kappa shape index (κ3) is 5.60. The number of nitrogens with one attached hydrogen (secondary N) is 1. The molecule has 37 heavy (non-hydrogen) atoms. The number of amides is 2. The number of fused-ring (bicyclic) bond motifs is 1. The lowest BCUT2D eigenvalue weighted by Gasteiger charge is -2.25. The van der Waals surface area contributed by atoms with Gasteiger partial charge in [0.1, 0.15) is 12.6 Å². The van der Waals surface area contributed by atoms with E-state index >= 15 is 0 Å². The summed E-state index contributed by atoms with van der Waals surface area (Å²) >= 11 is 0. The van der Waals surface area contributed by atoms with E-state index in [-0.39, 0.29) is 24.5 Å². The number of halogens is 3. The molecular formula is C26H25F3N4O4. The fourth-order valence-electron chi connectivity index (χ4n) is 4.05. The van der Waals surface area contributed by atoms with Crippen LogP contribution in [0.5, 0.6) is 11.5 Å². The van der Waals surface area contributed by atoms with Crippen LogP contribution < -0.4 is 19.7 Å². The molecule has 0 saturated carbocycles. The second-order valence-corrected chi connectivity index (χ2v) is 8.45. The molecule has 194 valence electrons. The minimum atomic E-state index is -4.70. The summed E-state index contributed by atoms with van der Waals surface area (Å²) in [6.07, 6.45) is -3.47. The standard InChI is InChI=1S/C26H25F3N4O4/c1-4-19-16(2)33(31-24(19)26(27,28)29)14-23(34)30-20(12-17-8-6-5-7-9-17)25(35)32(3)18-10-11-21-22(13-18)37-15-36-21/h4-11,13,20H,1,12,14-15H2,2-3H3,(H,30,34)/t20-/m0/s1. The van der Waals surface area contributed by atoms with Crippen molar-refractivity contribution in [2.75, 3.05) is 18.7 Å². The van der Waals surface area contributed by atoms with E-state index in [1.165, 1.54) is 11.8 Å². The average Bonchev–Trinajstić information content (AvgIpc) is 3.47. The summed E-state index contributed by atoms with van der Waals surface area (Å²) in [6.45, 7) is 4.43. The van der Waals surface area contributed by atoms with Crippen LogP contribution in [0.4, 0.5) is 18.9 Å². The molecule has 0 radical (unpaired) electrons. The van der Waals surface area contributed by atoms with Crippen molar-refractivity contribution in [3.8, 4) is 11.5 Å². The van der Waals surface area contributed by atoms with Gasteiger partial charge in [0.05, 0.1) is 0 Å². The minimum absolute atomic E-state index is 0.0829. The molecule has 3 aromatic rings. The van der Waals surface area contributed by atoms with Crippen molar-refractivity contribution in [3.63, 3.8) is 0 Å². The van der Waals surface area contributed by atoms with Crippen LogP contribution in [0.2, 0.25) is 0 Å². The molecule has 11 heteroatoms. The van der Waals surface area contributed by atoms with Crippen molar-refractivity contribution >= 4 is 23.6 Å². The zero-order valence-corrected chi connectivity index (χ0v) is 20.2. The number of hydrogen-bond donors (Lipinski definition) is 1. The average molecular weight is 515 g/mol. The van der Waals surface area contributed by atoms with Crippen LogP contribution in [0.25, 0.3) is 6.08 Å². The predicted molar refractivity (Wildman–Crippen MR) is 130 cm³/mol. The number of anilines is 1. The fourth-order valence-corrected chi connectivity index (χ4v) is 4.05. The summed E-state index contributed by atoms with van der Waals surface area (Å²) in [4.78, 5) is 27.8. The van der Waals surface area contributed by atoms with Crippen molar-refractivity contribution in [1.82, 2.24) is 15.1 Å². The van der Waals surface area contributed by atoms with Gasteiger partial charge in [-0.1, -0.05) is 43.0 Å². The maximum Gasteiger partial charge on any atom is 0.435 e. The SMILES string of the molecule is C=Cc1c(C(F)(F)F)nn(CC(=O)N[C@@H](Cc2ccccc2)C(=O)N(C)c2ccc3c(c2)OCO3)c1C. The van der Waals surface area contributed by atoms with Gasteiger partial charge in [-0.3, -0.25) is 14.3 Å². The molecule has 1 aromatic heterocycles. The van der Waals surface area contributed by atoms with Crippen molar-refractivity contribution in [3.05, 3.63) is 77.6 Å². The number of carbonyl (C=O) groups excluding carboxylic acids is 2. The van der Waals surface area contributed by atoms with Crippen molar-refractivity contribution < 1.29 is 32.2 Å². The van der Waals surface area contributed by atoms with E-state index in [0.29, 0.717) is 17.2 Å². The zero-order valence-electron chi connectivity index (χ0n) is 20.2. The third-order valence-corrected chi connectivity index (χ3v) is 6.01. The van der Waals surface area contributed by atoms with Crippen LogP contribution in [-0.2, 0) is 28.7 Å². The Morgan fingerprint density at radius 2 is 1.89 bits per heavy atom. The van der Waals surface area contributed by atoms with Gasteiger partial charge in [-0.2, -0.15) is 18.3 Å². The highest BCUT2D eigenvalue weighted by molar-refractivity contribution is 5.99. The number of rotatable bonds is 8. The largest absolute Gasteiger partial charge is 0.454 e. The van der Waals surface area contributed by atoms with Gasteiger partial charge in [0, 0.05) is 36.5 Å². The lowest BCUT2D eigenvalue weighted by molar-refractivity contribution is -0.142. The number of ether oxygens (including phenoxy) is 2. The summed E-state index contributed by atoms with van der Waals surface area (Å²) in [5, 5.41) is 6.26. The molecule has 8 nitrogen and oxygen atoms in total. The Bertz CT molecular complexity index is 1320. The molecule has 0 spiro atoms. The van der Waals surface area contributed by atoms with Gasteiger partial charge in [0.25, 0.3) is 0 Å². The van der Waals surface area contributed by atoms with E-state index < -0.39 is 36.3 Å². The van der Waals surface area contributed by atoms with Gasteiger partial charge >= 0.3 is 6.18 Å². The molecule has 0 fully saturated rings.